The lowest BCUT2D eigenvalue weighted by Gasteiger charge is -2.09. The van der Waals surface area contributed by atoms with E-state index in [1.807, 2.05) is 0 Å². The Balaban J connectivity index is 3.11. The van der Waals surface area contributed by atoms with Gasteiger partial charge in [-0.05, 0) is 19.9 Å². The van der Waals surface area contributed by atoms with Gasteiger partial charge in [0.2, 0.25) is 0 Å². The number of aryl methyl sites for hydroxylation is 1. The van der Waals surface area contributed by atoms with E-state index in [4.69, 9.17) is 10.00 Å². The Bertz CT molecular complexity index is 468. The number of benzene rings is 1. The molecule has 0 saturated heterocycles. The lowest BCUT2D eigenvalue weighted by atomic mass is 10.2. The fourth-order valence-electron chi connectivity index (χ4n) is 1.15. The monoisotopic (exact) mass is 224 g/mol. The molecule has 0 amide bonds. The molecule has 0 bridgehead atoms. The number of hydrogen-bond donors (Lipinski definition) is 0. The van der Waals surface area contributed by atoms with E-state index < -0.39 is 16.8 Å². The molecule has 16 heavy (non-hydrogen) atoms. The number of rotatable bonds is 3. The van der Waals surface area contributed by atoms with E-state index in [0.717, 1.165) is 6.07 Å². The van der Waals surface area contributed by atoms with Crippen molar-refractivity contribution in [1.82, 2.24) is 0 Å². The van der Waals surface area contributed by atoms with Crippen LogP contribution in [0.3, 0.4) is 0 Å². The molecule has 84 valence electrons. The van der Waals surface area contributed by atoms with E-state index in [1.54, 1.807) is 6.07 Å². The summed E-state index contributed by atoms with van der Waals surface area (Å²) in [6.07, 6.45) is -0.810. The highest BCUT2D eigenvalue weighted by atomic mass is 19.1. The van der Waals surface area contributed by atoms with E-state index in [9.17, 15) is 14.5 Å². The third kappa shape index (κ3) is 2.45. The molecular formula is C10H9FN2O3. The molecule has 0 aliphatic carbocycles. The van der Waals surface area contributed by atoms with Crippen molar-refractivity contribution in [3.8, 4) is 11.8 Å². The fraction of sp³-hybridized carbons (Fsp3) is 0.300. The summed E-state index contributed by atoms with van der Waals surface area (Å²) in [4.78, 5) is 9.84. The van der Waals surface area contributed by atoms with Crippen LogP contribution in [0.15, 0.2) is 12.1 Å². The zero-order chi connectivity index (χ0) is 12.3. The van der Waals surface area contributed by atoms with E-state index >= 15 is 0 Å². The number of hydrogen-bond acceptors (Lipinski definition) is 4. The van der Waals surface area contributed by atoms with Gasteiger partial charge in [0.15, 0.2) is 17.7 Å². The first-order valence-corrected chi connectivity index (χ1v) is 4.46. The molecule has 1 unspecified atom stereocenters. The van der Waals surface area contributed by atoms with Crippen molar-refractivity contribution < 1.29 is 14.1 Å². The van der Waals surface area contributed by atoms with Crippen LogP contribution >= 0.6 is 0 Å². The molecule has 1 aromatic carbocycles. The third-order valence-electron chi connectivity index (χ3n) is 1.93. The van der Waals surface area contributed by atoms with Gasteiger partial charge in [-0.2, -0.15) is 5.26 Å². The van der Waals surface area contributed by atoms with E-state index in [1.165, 1.54) is 19.9 Å². The van der Waals surface area contributed by atoms with Crippen LogP contribution in [0.4, 0.5) is 10.1 Å². The Kier molecular flexibility index (Phi) is 3.40. The van der Waals surface area contributed by atoms with Crippen molar-refractivity contribution in [2.75, 3.05) is 0 Å². The minimum absolute atomic E-state index is 0.155. The number of halogens is 1. The summed E-state index contributed by atoms with van der Waals surface area (Å²) in [7, 11) is 0. The standard InChI is InChI=1S/C10H9FN2O3/c1-6-3-10(16-7(2)5-12)8(11)4-9(6)13(14)15/h3-4,7H,1-2H3. The Morgan fingerprint density at radius 1 is 1.62 bits per heavy atom. The molecule has 0 spiro atoms. The maximum atomic E-state index is 13.3. The average molecular weight is 224 g/mol. The minimum Gasteiger partial charge on any atom is -0.473 e. The summed E-state index contributed by atoms with van der Waals surface area (Å²) in [5, 5.41) is 19.0. The summed E-state index contributed by atoms with van der Waals surface area (Å²) < 4.78 is 18.3. The van der Waals surface area contributed by atoms with E-state index in [2.05, 4.69) is 0 Å². The molecular weight excluding hydrogens is 215 g/mol. The zero-order valence-corrected chi connectivity index (χ0v) is 8.73. The Morgan fingerprint density at radius 2 is 2.25 bits per heavy atom. The second-order valence-electron chi connectivity index (χ2n) is 3.22. The molecule has 0 N–H and O–H groups in total. The minimum atomic E-state index is -0.848. The molecule has 0 aliphatic rings. The zero-order valence-electron chi connectivity index (χ0n) is 8.73. The third-order valence-corrected chi connectivity index (χ3v) is 1.93. The number of ether oxygens (including phenoxy) is 1. The van der Waals surface area contributed by atoms with Gasteiger partial charge in [-0.1, -0.05) is 0 Å². The highest BCUT2D eigenvalue weighted by Gasteiger charge is 2.17. The first-order chi connectivity index (χ1) is 7.45. The topological polar surface area (TPSA) is 76.2 Å². The van der Waals surface area contributed by atoms with Crippen molar-refractivity contribution in [2.24, 2.45) is 0 Å². The van der Waals surface area contributed by atoms with Crippen molar-refractivity contribution in [3.05, 3.63) is 33.6 Å². The van der Waals surface area contributed by atoms with Gasteiger partial charge in [-0.3, -0.25) is 10.1 Å². The summed E-state index contributed by atoms with van der Waals surface area (Å²) in [5.41, 5.74) is -0.0269. The number of nitro groups is 1. The van der Waals surface area contributed by atoms with Crippen molar-refractivity contribution in [2.45, 2.75) is 20.0 Å². The predicted octanol–water partition coefficient (Wildman–Crippen LogP) is 2.33. The second kappa shape index (κ2) is 4.57. The Labute approximate surface area is 91.2 Å². The molecule has 0 aliphatic heterocycles. The van der Waals surface area contributed by atoms with Crippen molar-refractivity contribution >= 4 is 5.69 Å². The van der Waals surface area contributed by atoms with Gasteiger partial charge < -0.3 is 4.74 Å². The van der Waals surface area contributed by atoms with Crippen LogP contribution in [0.5, 0.6) is 5.75 Å². The van der Waals surface area contributed by atoms with Crippen LogP contribution in [-0.4, -0.2) is 11.0 Å². The molecule has 0 aromatic heterocycles. The van der Waals surface area contributed by atoms with Crippen LogP contribution in [0.25, 0.3) is 0 Å². The first-order valence-electron chi connectivity index (χ1n) is 4.46. The summed E-state index contributed by atoms with van der Waals surface area (Å²) in [6, 6.07) is 3.77. The summed E-state index contributed by atoms with van der Waals surface area (Å²) >= 11 is 0. The molecule has 1 atom stereocenters. The van der Waals surface area contributed by atoms with E-state index in [-0.39, 0.29) is 17.0 Å². The lowest BCUT2D eigenvalue weighted by molar-refractivity contribution is -0.385. The summed E-state index contributed by atoms with van der Waals surface area (Å²) in [6.45, 7) is 2.93. The number of nitro benzene ring substituents is 1. The van der Waals surface area contributed by atoms with Crippen molar-refractivity contribution in [1.29, 1.82) is 5.26 Å². The first kappa shape index (κ1) is 11.9. The van der Waals surface area contributed by atoms with Gasteiger partial charge in [-0.15, -0.1) is 0 Å². The lowest BCUT2D eigenvalue weighted by Crippen LogP contribution is -2.09. The van der Waals surface area contributed by atoms with Gasteiger partial charge in [0.05, 0.1) is 11.0 Å². The SMILES string of the molecule is Cc1cc(OC(C)C#N)c(F)cc1[N+](=O)[O-]. The molecule has 0 heterocycles. The van der Waals surface area contributed by atoms with Crippen LogP contribution in [0.1, 0.15) is 12.5 Å². The highest BCUT2D eigenvalue weighted by molar-refractivity contribution is 5.45. The smallest absolute Gasteiger partial charge is 0.275 e. The van der Waals surface area contributed by atoms with Gasteiger partial charge >= 0.3 is 0 Å². The second-order valence-corrected chi connectivity index (χ2v) is 3.22. The van der Waals surface area contributed by atoms with Crippen LogP contribution < -0.4 is 4.74 Å². The van der Waals surface area contributed by atoms with Crippen LogP contribution in [-0.2, 0) is 0 Å². The van der Waals surface area contributed by atoms with Crippen LogP contribution in [0, 0.1) is 34.2 Å². The number of nitrogens with zero attached hydrogens (tertiary/aromatic N) is 2. The molecule has 6 heteroatoms. The largest absolute Gasteiger partial charge is 0.473 e. The van der Waals surface area contributed by atoms with Crippen molar-refractivity contribution in [3.63, 3.8) is 0 Å². The highest BCUT2D eigenvalue weighted by Crippen LogP contribution is 2.27. The Hall–Kier alpha value is -2.16. The molecule has 0 fully saturated rings. The van der Waals surface area contributed by atoms with Gasteiger partial charge in [-0.25, -0.2) is 4.39 Å². The fourth-order valence-corrected chi connectivity index (χ4v) is 1.15. The molecule has 1 aromatic rings. The van der Waals surface area contributed by atoms with Gasteiger partial charge in [0, 0.05) is 5.56 Å². The normalized spacial score (nSPS) is 11.6. The number of nitriles is 1. The maximum absolute atomic E-state index is 13.3. The van der Waals surface area contributed by atoms with Gasteiger partial charge in [0.25, 0.3) is 5.69 Å². The quantitative estimate of drug-likeness (QED) is 0.583. The summed E-state index contributed by atoms with van der Waals surface area (Å²) in [5.74, 6) is -1.00. The molecule has 5 nitrogen and oxygen atoms in total. The van der Waals surface area contributed by atoms with Gasteiger partial charge in [0.1, 0.15) is 6.07 Å². The Morgan fingerprint density at radius 3 is 2.75 bits per heavy atom. The average Bonchev–Trinajstić information content (AvgIpc) is 2.22. The molecule has 0 radical (unpaired) electrons. The predicted molar refractivity (Wildman–Crippen MR) is 53.5 cm³/mol. The molecule has 1 rings (SSSR count). The maximum Gasteiger partial charge on any atom is 0.275 e. The van der Waals surface area contributed by atoms with E-state index in [0.29, 0.717) is 0 Å². The molecule has 0 saturated carbocycles. The van der Waals surface area contributed by atoms with Crippen LogP contribution in [0.2, 0.25) is 0 Å².